The maximum atomic E-state index is 15.6. The first-order chi connectivity index (χ1) is 14.8. The number of nitrogens with zero attached hydrogens (tertiary/aromatic N) is 3. The minimum atomic E-state index is -4.60. The molecule has 1 aromatic heterocycles. The summed E-state index contributed by atoms with van der Waals surface area (Å²) in [4.78, 5) is 13.2. The van der Waals surface area contributed by atoms with Crippen LogP contribution in [0.15, 0.2) is 6.07 Å². The van der Waals surface area contributed by atoms with Crippen molar-refractivity contribution in [3.05, 3.63) is 40.0 Å². The number of benzene rings is 1. The fourth-order valence-corrected chi connectivity index (χ4v) is 4.63. The highest BCUT2D eigenvalue weighted by atomic mass is 19.4. The molecule has 32 heavy (non-hydrogen) atoms. The number of carbonyl (C=O) groups is 1. The van der Waals surface area contributed by atoms with E-state index in [0.29, 0.717) is 11.1 Å². The SMILES string of the molecule is CC(=O)Nc1c(C)c(F)c(N2CCn3nc(C(F)(F)F)cc3C2)c(C2CC(F)(F)C2)c1C. The quantitative estimate of drug-likeness (QED) is 0.645. The minimum absolute atomic E-state index is 0.0471. The number of aromatic nitrogens is 2. The Balaban J connectivity index is 1.80. The number of carbonyl (C=O) groups excluding carboxylic acids is 1. The number of amides is 1. The zero-order valence-corrected chi connectivity index (χ0v) is 17.7. The van der Waals surface area contributed by atoms with Crippen LogP contribution in [0, 0.1) is 19.7 Å². The van der Waals surface area contributed by atoms with Crippen molar-refractivity contribution in [1.82, 2.24) is 9.78 Å². The van der Waals surface area contributed by atoms with Crippen molar-refractivity contribution < 1.29 is 31.1 Å². The van der Waals surface area contributed by atoms with Gasteiger partial charge in [0.1, 0.15) is 0 Å². The van der Waals surface area contributed by atoms with E-state index in [1.165, 1.54) is 18.5 Å². The first kappa shape index (κ1) is 22.5. The van der Waals surface area contributed by atoms with E-state index in [0.717, 1.165) is 6.07 Å². The van der Waals surface area contributed by atoms with Crippen LogP contribution in [0.1, 0.15) is 53.8 Å². The van der Waals surface area contributed by atoms with Crippen molar-refractivity contribution in [3.63, 3.8) is 0 Å². The normalized spacial score (nSPS) is 18.3. The van der Waals surface area contributed by atoms with Gasteiger partial charge in [-0.15, -0.1) is 0 Å². The Hall–Kier alpha value is -2.72. The van der Waals surface area contributed by atoms with Crippen LogP contribution >= 0.6 is 0 Å². The molecule has 1 amide bonds. The zero-order chi connectivity index (χ0) is 23.6. The molecule has 2 aliphatic rings. The number of rotatable bonds is 3. The minimum Gasteiger partial charge on any atom is -0.361 e. The highest BCUT2D eigenvalue weighted by molar-refractivity contribution is 5.92. The largest absolute Gasteiger partial charge is 0.435 e. The van der Waals surface area contributed by atoms with Gasteiger partial charge in [0, 0.05) is 37.6 Å². The molecule has 4 rings (SSSR count). The summed E-state index contributed by atoms with van der Waals surface area (Å²) < 4.78 is 83.4. The van der Waals surface area contributed by atoms with Gasteiger partial charge in [0.05, 0.1) is 24.5 Å². The molecule has 11 heteroatoms. The van der Waals surface area contributed by atoms with Gasteiger partial charge in [-0.05, 0) is 37.0 Å². The van der Waals surface area contributed by atoms with Crippen molar-refractivity contribution in [2.75, 3.05) is 16.8 Å². The van der Waals surface area contributed by atoms with Gasteiger partial charge in [0.2, 0.25) is 11.8 Å². The molecular weight excluding hydrogens is 438 g/mol. The van der Waals surface area contributed by atoms with E-state index in [2.05, 4.69) is 10.4 Å². The number of hydrogen-bond acceptors (Lipinski definition) is 3. The molecule has 0 bridgehead atoms. The molecule has 0 saturated heterocycles. The van der Waals surface area contributed by atoms with Gasteiger partial charge in [-0.3, -0.25) is 9.48 Å². The third kappa shape index (κ3) is 3.81. The summed E-state index contributed by atoms with van der Waals surface area (Å²) in [6.07, 6.45) is -5.50. The van der Waals surface area contributed by atoms with E-state index in [-0.39, 0.29) is 42.3 Å². The third-order valence-electron chi connectivity index (χ3n) is 6.15. The number of anilines is 2. The van der Waals surface area contributed by atoms with Crippen molar-refractivity contribution in [2.24, 2.45) is 0 Å². The predicted octanol–water partition coefficient (Wildman–Crippen LogP) is 5.15. The van der Waals surface area contributed by atoms with Crippen LogP contribution in [0.5, 0.6) is 0 Å². The molecule has 1 aliphatic carbocycles. The van der Waals surface area contributed by atoms with Gasteiger partial charge in [0.15, 0.2) is 11.5 Å². The highest BCUT2D eigenvalue weighted by Crippen LogP contribution is 2.53. The second-order valence-electron chi connectivity index (χ2n) is 8.51. The molecular formula is C21H22F6N4O. The summed E-state index contributed by atoms with van der Waals surface area (Å²) in [6.45, 7) is 4.60. The topological polar surface area (TPSA) is 50.2 Å². The molecule has 2 aromatic rings. The molecule has 174 valence electrons. The van der Waals surface area contributed by atoms with E-state index in [9.17, 15) is 26.7 Å². The Kier molecular flexibility index (Phi) is 5.21. The lowest BCUT2D eigenvalue weighted by Gasteiger charge is -2.41. The fraction of sp³-hybridized carbons (Fsp3) is 0.524. The van der Waals surface area contributed by atoms with Crippen molar-refractivity contribution >= 4 is 17.3 Å². The van der Waals surface area contributed by atoms with E-state index in [1.807, 2.05) is 0 Å². The lowest BCUT2D eigenvalue weighted by atomic mass is 9.73. The average Bonchev–Trinajstić information content (AvgIpc) is 3.09. The summed E-state index contributed by atoms with van der Waals surface area (Å²) in [5, 5.41) is 6.17. The average molecular weight is 460 g/mol. The maximum absolute atomic E-state index is 15.6. The molecule has 1 fully saturated rings. The number of fused-ring (bicyclic) bond motifs is 1. The molecule has 0 spiro atoms. The Bertz CT molecular complexity index is 1080. The monoisotopic (exact) mass is 460 g/mol. The van der Waals surface area contributed by atoms with Crippen LogP contribution in [0.25, 0.3) is 0 Å². The lowest BCUT2D eigenvalue weighted by Crippen LogP contribution is -2.39. The van der Waals surface area contributed by atoms with Gasteiger partial charge in [0.25, 0.3) is 0 Å². The Morgan fingerprint density at radius 3 is 2.41 bits per heavy atom. The number of hydrogen-bond donors (Lipinski definition) is 1. The van der Waals surface area contributed by atoms with Crippen LogP contribution < -0.4 is 10.2 Å². The summed E-state index contributed by atoms with van der Waals surface area (Å²) in [6, 6.07) is 0.923. The molecule has 1 aromatic carbocycles. The summed E-state index contributed by atoms with van der Waals surface area (Å²) in [5.74, 6) is -4.57. The van der Waals surface area contributed by atoms with E-state index in [4.69, 9.17) is 0 Å². The van der Waals surface area contributed by atoms with Crippen LogP contribution in [0.4, 0.5) is 37.7 Å². The van der Waals surface area contributed by atoms with Gasteiger partial charge in [-0.25, -0.2) is 13.2 Å². The maximum Gasteiger partial charge on any atom is 0.435 e. The second kappa shape index (κ2) is 7.41. The van der Waals surface area contributed by atoms with E-state index >= 15 is 4.39 Å². The zero-order valence-electron chi connectivity index (χ0n) is 17.7. The van der Waals surface area contributed by atoms with Crippen LogP contribution in [0.2, 0.25) is 0 Å². The van der Waals surface area contributed by atoms with Crippen LogP contribution in [-0.2, 0) is 24.1 Å². The Morgan fingerprint density at radius 2 is 1.84 bits per heavy atom. The number of halogens is 6. The summed E-state index contributed by atoms with van der Waals surface area (Å²) in [7, 11) is 0. The smallest absolute Gasteiger partial charge is 0.361 e. The second-order valence-corrected chi connectivity index (χ2v) is 8.51. The van der Waals surface area contributed by atoms with Crippen molar-refractivity contribution in [1.29, 1.82) is 0 Å². The number of alkyl halides is 5. The molecule has 0 atom stereocenters. The van der Waals surface area contributed by atoms with Gasteiger partial charge in [-0.1, -0.05) is 0 Å². The van der Waals surface area contributed by atoms with Gasteiger partial charge < -0.3 is 10.2 Å². The molecule has 1 saturated carbocycles. The Morgan fingerprint density at radius 1 is 1.19 bits per heavy atom. The van der Waals surface area contributed by atoms with Crippen molar-refractivity contribution in [2.45, 2.75) is 64.7 Å². The van der Waals surface area contributed by atoms with Gasteiger partial charge in [-0.2, -0.15) is 18.3 Å². The molecule has 1 aliphatic heterocycles. The standard InChI is InChI=1S/C21H22F6N4O/c1-10-16(13-7-20(23,24)8-13)19(17(22)11(2)18(10)28-12(3)32)30-4-5-31-14(9-30)6-15(29-31)21(25,26)27/h6,13H,4-5,7-9H2,1-3H3,(H,28,32). The van der Waals surface area contributed by atoms with Crippen LogP contribution in [0.3, 0.4) is 0 Å². The van der Waals surface area contributed by atoms with E-state index in [1.54, 1.807) is 11.8 Å². The highest BCUT2D eigenvalue weighted by Gasteiger charge is 2.48. The molecule has 0 radical (unpaired) electrons. The lowest BCUT2D eigenvalue weighted by molar-refractivity contribution is -0.141. The predicted molar refractivity (Wildman–Crippen MR) is 105 cm³/mol. The fourth-order valence-electron chi connectivity index (χ4n) is 4.63. The third-order valence-corrected chi connectivity index (χ3v) is 6.15. The molecule has 5 nitrogen and oxygen atoms in total. The molecule has 0 unspecified atom stereocenters. The van der Waals surface area contributed by atoms with E-state index < -0.39 is 48.3 Å². The molecule has 1 N–H and O–H groups in total. The Labute approximate surface area is 180 Å². The summed E-state index contributed by atoms with van der Waals surface area (Å²) >= 11 is 0. The molecule has 2 heterocycles. The number of nitrogens with one attached hydrogen (secondary N) is 1. The summed E-state index contributed by atoms with van der Waals surface area (Å²) in [5.41, 5.74) is 0.589. The first-order valence-electron chi connectivity index (χ1n) is 10.2. The van der Waals surface area contributed by atoms with Crippen LogP contribution in [-0.4, -0.2) is 28.2 Å². The van der Waals surface area contributed by atoms with Gasteiger partial charge >= 0.3 is 6.18 Å². The van der Waals surface area contributed by atoms with Crippen molar-refractivity contribution in [3.8, 4) is 0 Å². The first-order valence-corrected chi connectivity index (χ1v) is 10.2.